The van der Waals surface area contributed by atoms with Crippen LogP contribution < -0.4 is 5.32 Å². The molecule has 0 rings (SSSR count). The molecule has 6 nitrogen and oxygen atoms in total. The lowest BCUT2D eigenvalue weighted by molar-refractivity contribution is -0.143. The Balaban J connectivity index is 3.38. The van der Waals surface area contributed by atoms with Crippen molar-refractivity contribution in [2.45, 2.75) is 398 Å². The molecule has 0 saturated heterocycles. The summed E-state index contributed by atoms with van der Waals surface area (Å²) in [5.74, 6) is -0.0542. The molecule has 0 aromatic carbocycles. The Bertz CT molecular complexity index is 1190. The second kappa shape index (κ2) is 65.9. The first kappa shape index (κ1) is 74.3. The van der Waals surface area contributed by atoms with Crippen LogP contribution in [0.5, 0.6) is 0 Å². The number of aliphatic hydroxyl groups is 2. The summed E-state index contributed by atoms with van der Waals surface area (Å²) in [5, 5.41) is 23.2. The number of amides is 1. The highest BCUT2D eigenvalue weighted by atomic mass is 16.5. The van der Waals surface area contributed by atoms with Crippen molar-refractivity contribution in [3.05, 3.63) is 24.3 Å². The van der Waals surface area contributed by atoms with Crippen molar-refractivity contribution >= 4 is 11.9 Å². The number of rotatable bonds is 65. The SMILES string of the molecule is CCCC/C=C\CCCCCCCC(=O)OCCCCCCCCCCCCCCCCCCCCCCCCCCCCCC(=O)NC(CO)C(O)/C=C/CCCCCCCCCCCCCCCCCCCCC. The van der Waals surface area contributed by atoms with Gasteiger partial charge >= 0.3 is 5.97 Å². The molecule has 0 fully saturated rings. The molecule has 0 aliphatic rings. The van der Waals surface area contributed by atoms with Crippen LogP contribution in [0.15, 0.2) is 24.3 Å². The molecule has 0 heterocycles. The summed E-state index contributed by atoms with van der Waals surface area (Å²) in [6.45, 7) is 4.90. The van der Waals surface area contributed by atoms with Crippen LogP contribution in [0.25, 0.3) is 0 Å². The van der Waals surface area contributed by atoms with Gasteiger partial charge in [0.1, 0.15) is 0 Å². The minimum Gasteiger partial charge on any atom is -0.466 e. The van der Waals surface area contributed by atoms with Gasteiger partial charge in [0.2, 0.25) is 5.91 Å². The maximum atomic E-state index is 12.5. The van der Waals surface area contributed by atoms with E-state index in [1.807, 2.05) is 6.08 Å². The highest BCUT2D eigenvalue weighted by Gasteiger charge is 2.18. The van der Waals surface area contributed by atoms with E-state index in [0.717, 1.165) is 44.9 Å². The summed E-state index contributed by atoms with van der Waals surface area (Å²) < 4.78 is 5.47. The first-order chi connectivity index (χ1) is 37.5. The van der Waals surface area contributed by atoms with E-state index in [0.29, 0.717) is 19.4 Å². The quantitative estimate of drug-likeness (QED) is 0.0320. The zero-order chi connectivity index (χ0) is 55.0. The van der Waals surface area contributed by atoms with Gasteiger partial charge in [0.15, 0.2) is 0 Å². The zero-order valence-corrected chi connectivity index (χ0v) is 51.5. The van der Waals surface area contributed by atoms with Gasteiger partial charge < -0.3 is 20.3 Å². The largest absolute Gasteiger partial charge is 0.466 e. The average molecular weight is 1070 g/mol. The van der Waals surface area contributed by atoms with Gasteiger partial charge in [-0.3, -0.25) is 9.59 Å². The van der Waals surface area contributed by atoms with Crippen LogP contribution in [0, 0.1) is 0 Å². The molecule has 2 unspecified atom stereocenters. The Kier molecular flexibility index (Phi) is 64.4. The normalized spacial score (nSPS) is 12.6. The maximum Gasteiger partial charge on any atom is 0.305 e. The molecule has 0 bridgehead atoms. The first-order valence-electron chi connectivity index (χ1n) is 34.6. The second-order valence-corrected chi connectivity index (χ2v) is 23.9. The Morgan fingerprint density at radius 2 is 0.632 bits per heavy atom. The summed E-state index contributed by atoms with van der Waals surface area (Å²) in [4.78, 5) is 24.5. The number of hydrogen-bond donors (Lipinski definition) is 3. The van der Waals surface area contributed by atoms with Crippen LogP contribution >= 0.6 is 0 Å². The van der Waals surface area contributed by atoms with E-state index in [2.05, 4.69) is 31.3 Å². The van der Waals surface area contributed by atoms with E-state index >= 15 is 0 Å². The lowest BCUT2D eigenvalue weighted by atomic mass is 10.0. The monoisotopic (exact) mass is 1070 g/mol. The van der Waals surface area contributed by atoms with Gasteiger partial charge in [-0.05, 0) is 51.4 Å². The van der Waals surface area contributed by atoms with E-state index in [1.54, 1.807) is 6.08 Å². The fourth-order valence-corrected chi connectivity index (χ4v) is 10.9. The molecule has 0 aliphatic heterocycles. The second-order valence-electron chi connectivity index (χ2n) is 23.9. The molecular weight excluding hydrogens is 935 g/mol. The van der Waals surface area contributed by atoms with Crippen molar-refractivity contribution in [1.29, 1.82) is 0 Å². The van der Waals surface area contributed by atoms with E-state index in [4.69, 9.17) is 4.74 Å². The van der Waals surface area contributed by atoms with Crippen LogP contribution in [0.4, 0.5) is 0 Å². The summed E-state index contributed by atoms with van der Waals surface area (Å²) >= 11 is 0. The van der Waals surface area contributed by atoms with Gasteiger partial charge in [-0.15, -0.1) is 0 Å². The molecule has 1 amide bonds. The molecule has 76 heavy (non-hydrogen) atoms. The number of ether oxygens (including phenoxy) is 1. The summed E-state index contributed by atoms with van der Waals surface area (Å²) in [6, 6.07) is -0.626. The number of esters is 1. The molecule has 0 aromatic heterocycles. The van der Waals surface area contributed by atoms with E-state index in [1.165, 1.54) is 315 Å². The van der Waals surface area contributed by atoms with Crippen LogP contribution in [0.3, 0.4) is 0 Å². The molecule has 0 aromatic rings. The fraction of sp³-hybridized carbons (Fsp3) is 0.914. The third-order valence-corrected chi connectivity index (χ3v) is 16.2. The Morgan fingerprint density at radius 1 is 0.355 bits per heavy atom. The smallest absolute Gasteiger partial charge is 0.305 e. The summed E-state index contributed by atoms with van der Waals surface area (Å²) in [6.07, 6.45) is 82.5. The van der Waals surface area contributed by atoms with Gasteiger partial charge in [0.05, 0.1) is 25.4 Å². The van der Waals surface area contributed by atoms with Gasteiger partial charge in [-0.25, -0.2) is 0 Å². The van der Waals surface area contributed by atoms with Crippen LogP contribution in [-0.4, -0.2) is 47.4 Å². The molecule has 3 N–H and O–H groups in total. The van der Waals surface area contributed by atoms with Crippen molar-refractivity contribution in [3.63, 3.8) is 0 Å². The van der Waals surface area contributed by atoms with Crippen molar-refractivity contribution in [2.24, 2.45) is 0 Å². The fourth-order valence-electron chi connectivity index (χ4n) is 10.9. The average Bonchev–Trinajstić information content (AvgIpc) is 3.42. The topological polar surface area (TPSA) is 95.9 Å². The predicted octanol–water partition coefficient (Wildman–Crippen LogP) is 22.1. The Labute approximate surface area is 475 Å². The molecule has 0 spiro atoms. The number of unbranched alkanes of at least 4 members (excludes halogenated alkanes) is 52. The van der Waals surface area contributed by atoms with Gasteiger partial charge in [0.25, 0.3) is 0 Å². The third kappa shape index (κ3) is 61.6. The first-order valence-corrected chi connectivity index (χ1v) is 34.6. The number of carbonyl (C=O) groups excluding carboxylic acids is 2. The Hall–Kier alpha value is -1.66. The van der Waals surface area contributed by atoms with Crippen molar-refractivity contribution in [3.8, 4) is 0 Å². The standard InChI is InChI=1S/C70H135NO5/c1-3-5-7-9-11-13-15-16-17-18-19-27-30-33-36-39-43-46-50-54-58-62-68(73)67(66-72)71-69(74)63-59-55-51-47-44-40-37-34-31-28-25-23-21-20-22-24-26-29-32-35-38-41-45-49-53-57-61-65-76-70(75)64-60-56-52-48-42-14-12-10-8-6-4-2/h10,12,58,62,67-68,72-73H,3-9,11,13-57,59-61,63-66H2,1-2H3,(H,71,74)/b12-10-,62-58+. The number of aliphatic hydroxyl groups excluding tert-OH is 2. The molecule has 450 valence electrons. The molecule has 0 saturated carbocycles. The van der Waals surface area contributed by atoms with Gasteiger partial charge in [0, 0.05) is 12.8 Å². The number of nitrogens with one attached hydrogen (secondary N) is 1. The molecular formula is C70H135NO5. The van der Waals surface area contributed by atoms with Gasteiger partial charge in [-0.1, -0.05) is 346 Å². The predicted molar refractivity (Wildman–Crippen MR) is 333 cm³/mol. The number of hydrogen-bond acceptors (Lipinski definition) is 5. The summed E-state index contributed by atoms with van der Waals surface area (Å²) in [7, 11) is 0. The lowest BCUT2D eigenvalue weighted by Crippen LogP contribution is -2.45. The van der Waals surface area contributed by atoms with E-state index < -0.39 is 12.1 Å². The minimum atomic E-state index is -0.843. The van der Waals surface area contributed by atoms with Crippen LogP contribution in [-0.2, 0) is 14.3 Å². The van der Waals surface area contributed by atoms with Crippen LogP contribution in [0.2, 0.25) is 0 Å². The third-order valence-electron chi connectivity index (χ3n) is 16.2. The molecule has 2 atom stereocenters. The van der Waals surface area contributed by atoms with E-state index in [9.17, 15) is 19.8 Å². The van der Waals surface area contributed by atoms with Crippen molar-refractivity contribution in [2.75, 3.05) is 13.2 Å². The highest BCUT2D eigenvalue weighted by molar-refractivity contribution is 5.76. The van der Waals surface area contributed by atoms with Crippen molar-refractivity contribution in [1.82, 2.24) is 5.32 Å². The van der Waals surface area contributed by atoms with Crippen LogP contribution in [0.1, 0.15) is 386 Å². The summed E-state index contributed by atoms with van der Waals surface area (Å²) in [5.41, 5.74) is 0. The highest BCUT2D eigenvalue weighted by Crippen LogP contribution is 2.19. The minimum absolute atomic E-state index is 0.00710. The van der Waals surface area contributed by atoms with Gasteiger partial charge in [-0.2, -0.15) is 0 Å². The molecule has 6 heteroatoms. The maximum absolute atomic E-state index is 12.5. The lowest BCUT2D eigenvalue weighted by Gasteiger charge is -2.20. The zero-order valence-electron chi connectivity index (χ0n) is 51.5. The number of carbonyl (C=O) groups is 2. The molecule has 0 radical (unpaired) electrons. The molecule has 0 aliphatic carbocycles. The van der Waals surface area contributed by atoms with E-state index in [-0.39, 0.29) is 18.5 Å². The number of allylic oxidation sites excluding steroid dienone is 3. The van der Waals surface area contributed by atoms with Crippen molar-refractivity contribution < 1.29 is 24.5 Å². The Morgan fingerprint density at radius 3 is 0.974 bits per heavy atom.